The highest BCUT2D eigenvalue weighted by Gasteiger charge is 2.08. The van der Waals surface area contributed by atoms with Crippen LogP contribution in [0.3, 0.4) is 0 Å². The Balaban J connectivity index is 2.48. The Labute approximate surface area is 113 Å². The third kappa shape index (κ3) is 5.00. The first-order valence-electron chi connectivity index (χ1n) is 5.92. The molecule has 100 valence electrons. The van der Waals surface area contributed by atoms with Gasteiger partial charge < -0.3 is 20.5 Å². The minimum Gasteiger partial charge on any atom is -0.491 e. The predicted octanol–water partition coefficient (Wildman–Crippen LogP) is 1.01. The van der Waals surface area contributed by atoms with Crippen LogP contribution in [0.2, 0.25) is 0 Å². The van der Waals surface area contributed by atoms with Gasteiger partial charge in [0.25, 0.3) is 0 Å². The number of thiocarbonyl (C=S) groups is 1. The molecule has 0 bridgehead atoms. The maximum atomic E-state index is 9.77. The molecule has 18 heavy (non-hydrogen) atoms. The first-order valence-corrected chi connectivity index (χ1v) is 6.33. The lowest BCUT2D eigenvalue weighted by Gasteiger charge is -2.19. The van der Waals surface area contributed by atoms with E-state index in [-0.39, 0.29) is 6.61 Å². The van der Waals surface area contributed by atoms with E-state index in [0.29, 0.717) is 17.3 Å². The largest absolute Gasteiger partial charge is 0.491 e. The molecule has 1 atom stereocenters. The molecular formula is C13H20N2O2S. The summed E-state index contributed by atoms with van der Waals surface area (Å²) >= 11 is 4.90. The fraction of sp³-hybridized carbons (Fsp3) is 0.462. The lowest BCUT2D eigenvalue weighted by Crippen LogP contribution is -2.32. The van der Waals surface area contributed by atoms with Gasteiger partial charge in [-0.1, -0.05) is 31.3 Å². The summed E-state index contributed by atoms with van der Waals surface area (Å²) in [7, 11) is 1.96. The molecule has 0 saturated heterocycles. The van der Waals surface area contributed by atoms with Crippen LogP contribution in [-0.4, -0.2) is 47.8 Å². The molecule has 1 aromatic carbocycles. The summed E-state index contributed by atoms with van der Waals surface area (Å²) in [6.45, 7) is 3.78. The van der Waals surface area contributed by atoms with Crippen LogP contribution in [-0.2, 0) is 0 Å². The molecule has 1 rings (SSSR count). The van der Waals surface area contributed by atoms with E-state index >= 15 is 0 Å². The molecule has 3 N–H and O–H groups in total. The number of nitrogens with two attached hydrogens (primary N) is 1. The molecule has 0 aliphatic rings. The van der Waals surface area contributed by atoms with Crippen molar-refractivity contribution in [3.8, 4) is 5.75 Å². The summed E-state index contributed by atoms with van der Waals surface area (Å²) in [5, 5.41) is 9.77. The molecule has 0 radical (unpaired) electrons. The number of rotatable bonds is 7. The van der Waals surface area contributed by atoms with Crippen LogP contribution in [0.4, 0.5) is 0 Å². The zero-order valence-electron chi connectivity index (χ0n) is 10.8. The second kappa shape index (κ2) is 7.31. The van der Waals surface area contributed by atoms with Crippen LogP contribution in [0.5, 0.6) is 5.75 Å². The summed E-state index contributed by atoms with van der Waals surface area (Å²) < 4.78 is 5.51. The average Bonchev–Trinajstić information content (AvgIpc) is 2.36. The third-order valence-electron chi connectivity index (χ3n) is 2.62. The normalized spacial score (nSPS) is 12.4. The minimum absolute atomic E-state index is 0.255. The fourth-order valence-corrected chi connectivity index (χ4v) is 1.60. The molecule has 0 saturated carbocycles. The van der Waals surface area contributed by atoms with Crippen LogP contribution in [0, 0.1) is 0 Å². The second-order valence-corrected chi connectivity index (χ2v) is 4.65. The molecular weight excluding hydrogens is 248 g/mol. The third-order valence-corrected chi connectivity index (χ3v) is 2.86. The highest BCUT2D eigenvalue weighted by molar-refractivity contribution is 7.80. The van der Waals surface area contributed by atoms with Gasteiger partial charge in [0, 0.05) is 12.1 Å². The summed E-state index contributed by atoms with van der Waals surface area (Å²) in [5.41, 5.74) is 6.31. The SMILES string of the molecule is CCN(C)CC(O)COc1cccc(C(N)=S)c1. The van der Waals surface area contributed by atoms with Crippen molar-refractivity contribution in [2.75, 3.05) is 26.7 Å². The monoisotopic (exact) mass is 268 g/mol. The second-order valence-electron chi connectivity index (χ2n) is 4.21. The van der Waals surface area contributed by atoms with Gasteiger partial charge >= 0.3 is 0 Å². The van der Waals surface area contributed by atoms with Crippen molar-refractivity contribution < 1.29 is 9.84 Å². The number of aliphatic hydroxyl groups excluding tert-OH is 1. The number of hydrogen-bond donors (Lipinski definition) is 2. The summed E-state index contributed by atoms with van der Waals surface area (Å²) in [5.74, 6) is 0.665. The number of likely N-dealkylation sites (N-methyl/N-ethyl adjacent to an activating group) is 1. The number of nitrogens with zero attached hydrogens (tertiary/aromatic N) is 1. The molecule has 5 heteroatoms. The lowest BCUT2D eigenvalue weighted by molar-refractivity contribution is 0.0778. The van der Waals surface area contributed by atoms with E-state index in [9.17, 15) is 5.11 Å². The van der Waals surface area contributed by atoms with Gasteiger partial charge in [-0.25, -0.2) is 0 Å². The van der Waals surface area contributed by atoms with Crippen molar-refractivity contribution >= 4 is 17.2 Å². The summed E-state index contributed by atoms with van der Waals surface area (Å²) in [6.07, 6.45) is -0.511. The van der Waals surface area contributed by atoms with Gasteiger partial charge in [-0.15, -0.1) is 0 Å². The highest BCUT2D eigenvalue weighted by atomic mass is 32.1. The average molecular weight is 268 g/mol. The van der Waals surface area contributed by atoms with Crippen molar-refractivity contribution in [3.05, 3.63) is 29.8 Å². The topological polar surface area (TPSA) is 58.7 Å². The minimum atomic E-state index is -0.511. The number of benzene rings is 1. The van der Waals surface area contributed by atoms with Crippen LogP contribution in [0.1, 0.15) is 12.5 Å². The van der Waals surface area contributed by atoms with Gasteiger partial charge in [0.15, 0.2) is 0 Å². The molecule has 1 unspecified atom stereocenters. The lowest BCUT2D eigenvalue weighted by atomic mass is 10.2. The zero-order chi connectivity index (χ0) is 13.5. The Morgan fingerprint density at radius 2 is 2.28 bits per heavy atom. The molecule has 0 heterocycles. The van der Waals surface area contributed by atoms with E-state index in [0.717, 1.165) is 12.1 Å². The standard InChI is InChI=1S/C13H20N2O2S/c1-3-15(2)8-11(16)9-17-12-6-4-5-10(7-12)13(14)18/h4-7,11,16H,3,8-9H2,1-2H3,(H2,14,18). The number of hydrogen-bond acceptors (Lipinski definition) is 4. The Hall–Kier alpha value is -1.17. The molecule has 1 aromatic rings. The van der Waals surface area contributed by atoms with E-state index in [4.69, 9.17) is 22.7 Å². The van der Waals surface area contributed by atoms with Crippen molar-refractivity contribution in [2.45, 2.75) is 13.0 Å². The Bertz CT molecular complexity index is 398. The smallest absolute Gasteiger partial charge is 0.120 e. The Morgan fingerprint density at radius 1 is 1.56 bits per heavy atom. The van der Waals surface area contributed by atoms with E-state index < -0.39 is 6.10 Å². The molecule has 0 spiro atoms. The summed E-state index contributed by atoms with van der Waals surface area (Å²) in [4.78, 5) is 2.37. The predicted molar refractivity (Wildman–Crippen MR) is 77.0 cm³/mol. The molecule has 0 aliphatic heterocycles. The summed E-state index contributed by atoms with van der Waals surface area (Å²) in [6, 6.07) is 7.25. The Morgan fingerprint density at radius 3 is 2.89 bits per heavy atom. The number of aliphatic hydroxyl groups is 1. The molecule has 0 aliphatic carbocycles. The van der Waals surface area contributed by atoms with Crippen molar-refractivity contribution in [3.63, 3.8) is 0 Å². The first kappa shape index (κ1) is 14.9. The first-order chi connectivity index (χ1) is 8.52. The number of ether oxygens (including phenoxy) is 1. The van der Waals surface area contributed by atoms with Crippen LogP contribution in [0.25, 0.3) is 0 Å². The van der Waals surface area contributed by atoms with E-state index in [1.807, 2.05) is 37.1 Å². The maximum Gasteiger partial charge on any atom is 0.120 e. The quantitative estimate of drug-likeness (QED) is 0.723. The van der Waals surface area contributed by atoms with Crippen LogP contribution >= 0.6 is 12.2 Å². The zero-order valence-corrected chi connectivity index (χ0v) is 11.6. The van der Waals surface area contributed by atoms with E-state index in [1.54, 1.807) is 6.07 Å². The van der Waals surface area contributed by atoms with Gasteiger partial charge in [-0.3, -0.25) is 0 Å². The van der Waals surface area contributed by atoms with Crippen LogP contribution < -0.4 is 10.5 Å². The van der Waals surface area contributed by atoms with Gasteiger partial charge in [-0.05, 0) is 25.7 Å². The molecule has 0 aromatic heterocycles. The molecule has 0 fully saturated rings. The van der Waals surface area contributed by atoms with Crippen molar-refractivity contribution in [2.24, 2.45) is 5.73 Å². The highest BCUT2D eigenvalue weighted by Crippen LogP contribution is 2.13. The van der Waals surface area contributed by atoms with Gasteiger partial charge in [0.1, 0.15) is 23.4 Å². The van der Waals surface area contributed by atoms with Gasteiger partial charge in [0.2, 0.25) is 0 Å². The van der Waals surface area contributed by atoms with E-state index in [1.165, 1.54) is 0 Å². The molecule has 0 amide bonds. The van der Waals surface area contributed by atoms with Crippen molar-refractivity contribution in [1.82, 2.24) is 4.90 Å². The van der Waals surface area contributed by atoms with Gasteiger partial charge in [-0.2, -0.15) is 0 Å². The maximum absolute atomic E-state index is 9.77. The van der Waals surface area contributed by atoms with E-state index in [2.05, 4.69) is 0 Å². The van der Waals surface area contributed by atoms with Crippen molar-refractivity contribution in [1.29, 1.82) is 0 Å². The molecule has 4 nitrogen and oxygen atoms in total. The fourth-order valence-electron chi connectivity index (χ4n) is 1.47. The van der Waals surface area contributed by atoms with Crippen LogP contribution in [0.15, 0.2) is 24.3 Å². The van der Waals surface area contributed by atoms with Gasteiger partial charge in [0.05, 0.1) is 0 Å². The Kier molecular flexibility index (Phi) is 6.04.